The lowest BCUT2D eigenvalue weighted by atomic mass is 10.2. The number of rotatable bonds is 4. The molecule has 1 atom stereocenters. The van der Waals surface area contributed by atoms with Gasteiger partial charge in [-0.05, 0) is 25.1 Å². The highest BCUT2D eigenvalue weighted by Gasteiger charge is 2.26. The van der Waals surface area contributed by atoms with Gasteiger partial charge in [-0.25, -0.2) is 4.98 Å². The van der Waals surface area contributed by atoms with Crippen LogP contribution in [-0.2, 0) is 4.79 Å². The van der Waals surface area contributed by atoms with Crippen LogP contribution in [0, 0.1) is 0 Å². The molecular weight excluding hydrogens is 358 g/mol. The summed E-state index contributed by atoms with van der Waals surface area (Å²) in [5, 5.41) is 7.07. The number of hydrogen-bond acceptors (Lipinski definition) is 6. The normalized spacial score (nSPS) is 22.0. The van der Waals surface area contributed by atoms with Crippen molar-refractivity contribution in [2.45, 2.75) is 12.5 Å². The largest absolute Gasteiger partial charge is 0.315 e. The number of fused-ring (bicyclic) bond motifs is 1. The number of para-hydroxylation sites is 1. The number of carbonyl (C=O) groups is 1. The van der Waals surface area contributed by atoms with Crippen LogP contribution in [0.3, 0.4) is 0 Å². The molecule has 3 heterocycles. The number of aromatic nitrogens is 1. The van der Waals surface area contributed by atoms with E-state index in [1.807, 2.05) is 24.3 Å². The maximum atomic E-state index is 12.3. The highest BCUT2D eigenvalue weighted by Crippen LogP contribution is 2.25. The Morgan fingerprint density at radius 1 is 1.28 bits per heavy atom. The number of carbonyl (C=O) groups excluding carboxylic acids is 1. The van der Waals surface area contributed by atoms with Crippen LogP contribution in [0.1, 0.15) is 6.42 Å². The molecule has 0 saturated carbocycles. The minimum Gasteiger partial charge on any atom is -0.315 e. The number of amides is 1. The summed E-state index contributed by atoms with van der Waals surface area (Å²) in [7, 11) is 0. The number of halogens is 1. The summed E-state index contributed by atoms with van der Waals surface area (Å²) in [5.41, 5.74) is 0.941. The fourth-order valence-corrected chi connectivity index (χ4v) is 4.41. The summed E-state index contributed by atoms with van der Waals surface area (Å²) in [6, 6.07) is 8.64. The fourth-order valence-electron chi connectivity index (χ4n) is 3.53. The smallest absolute Gasteiger partial charge is 0.240 e. The first kappa shape index (κ1) is 18.5. The Hall–Kier alpha value is -1.25. The zero-order valence-corrected chi connectivity index (χ0v) is 15.7. The molecule has 1 aromatic heterocycles. The van der Waals surface area contributed by atoms with Gasteiger partial charge in [0.05, 0.1) is 16.8 Å². The molecule has 136 valence electrons. The molecule has 0 spiro atoms. The first-order chi connectivity index (χ1) is 11.8. The van der Waals surface area contributed by atoms with Gasteiger partial charge in [-0.2, -0.15) is 0 Å². The lowest BCUT2D eigenvalue weighted by molar-refractivity contribution is -0.117. The summed E-state index contributed by atoms with van der Waals surface area (Å²) < 4.78 is 1.10. The quantitative estimate of drug-likeness (QED) is 0.843. The zero-order valence-electron chi connectivity index (χ0n) is 14.1. The van der Waals surface area contributed by atoms with Crippen LogP contribution in [0.15, 0.2) is 24.3 Å². The van der Waals surface area contributed by atoms with E-state index in [0.717, 1.165) is 49.5 Å². The first-order valence-corrected chi connectivity index (χ1v) is 9.42. The molecule has 8 heteroatoms. The van der Waals surface area contributed by atoms with Crippen molar-refractivity contribution in [2.24, 2.45) is 0 Å². The summed E-state index contributed by atoms with van der Waals surface area (Å²) in [6.07, 6.45) is 1.25. The maximum Gasteiger partial charge on any atom is 0.240 e. The number of nitrogens with zero attached hydrogens (tertiary/aromatic N) is 3. The Morgan fingerprint density at radius 2 is 2.08 bits per heavy atom. The highest BCUT2D eigenvalue weighted by atomic mass is 35.5. The molecule has 2 saturated heterocycles. The van der Waals surface area contributed by atoms with Crippen LogP contribution >= 0.6 is 23.7 Å². The lowest BCUT2D eigenvalue weighted by Gasteiger charge is -2.37. The van der Waals surface area contributed by atoms with Crippen molar-refractivity contribution in [3.63, 3.8) is 0 Å². The van der Waals surface area contributed by atoms with Crippen LogP contribution in [0.2, 0.25) is 0 Å². The molecule has 6 nitrogen and oxygen atoms in total. The molecule has 2 N–H and O–H groups in total. The summed E-state index contributed by atoms with van der Waals surface area (Å²) >= 11 is 1.53. The second-order valence-corrected chi connectivity index (χ2v) is 7.52. The third-order valence-corrected chi connectivity index (χ3v) is 5.82. The van der Waals surface area contributed by atoms with Crippen LogP contribution in [0.25, 0.3) is 10.2 Å². The van der Waals surface area contributed by atoms with Gasteiger partial charge in [0, 0.05) is 38.8 Å². The maximum absolute atomic E-state index is 12.3. The highest BCUT2D eigenvalue weighted by molar-refractivity contribution is 7.22. The molecule has 0 bridgehead atoms. The molecule has 2 aliphatic rings. The number of anilines is 1. The number of benzene rings is 1. The van der Waals surface area contributed by atoms with Gasteiger partial charge in [-0.1, -0.05) is 23.5 Å². The predicted molar refractivity (Wildman–Crippen MR) is 105 cm³/mol. The third-order valence-electron chi connectivity index (χ3n) is 4.87. The Morgan fingerprint density at radius 3 is 2.80 bits per heavy atom. The molecule has 1 aromatic carbocycles. The van der Waals surface area contributed by atoms with Gasteiger partial charge < -0.3 is 10.6 Å². The van der Waals surface area contributed by atoms with E-state index in [4.69, 9.17) is 0 Å². The fraction of sp³-hybridized carbons (Fsp3) is 0.529. The van der Waals surface area contributed by atoms with Gasteiger partial charge in [0.2, 0.25) is 5.91 Å². The van der Waals surface area contributed by atoms with E-state index < -0.39 is 0 Å². The van der Waals surface area contributed by atoms with Gasteiger partial charge >= 0.3 is 0 Å². The van der Waals surface area contributed by atoms with E-state index in [-0.39, 0.29) is 18.3 Å². The minimum absolute atomic E-state index is 0. The van der Waals surface area contributed by atoms with Crippen molar-refractivity contribution in [1.29, 1.82) is 0 Å². The standard InChI is InChI=1S/C17H23N5OS.ClH/c23-16(20-17-19-14-3-1-2-4-15(14)24-17)12-21-7-9-22(10-8-21)13-5-6-18-11-13;/h1-4,13,18H,5-12H2,(H,19,20,23);1H. The molecule has 1 unspecified atom stereocenters. The van der Waals surface area contributed by atoms with Gasteiger partial charge in [0.1, 0.15) is 0 Å². The molecule has 25 heavy (non-hydrogen) atoms. The zero-order chi connectivity index (χ0) is 16.4. The van der Waals surface area contributed by atoms with Gasteiger partial charge in [0.15, 0.2) is 5.13 Å². The molecule has 2 aromatic rings. The Labute approximate surface area is 158 Å². The van der Waals surface area contributed by atoms with Crippen LogP contribution in [0.4, 0.5) is 5.13 Å². The second-order valence-electron chi connectivity index (χ2n) is 6.49. The lowest BCUT2D eigenvalue weighted by Crippen LogP contribution is -2.52. The topological polar surface area (TPSA) is 60.5 Å². The van der Waals surface area contributed by atoms with Gasteiger partial charge in [-0.3, -0.25) is 14.6 Å². The van der Waals surface area contributed by atoms with Crippen molar-refractivity contribution in [3.05, 3.63) is 24.3 Å². The average molecular weight is 382 g/mol. The summed E-state index contributed by atoms with van der Waals surface area (Å²) in [5.74, 6) is 0.0324. The molecule has 1 amide bonds. The second kappa shape index (κ2) is 8.42. The van der Waals surface area contributed by atoms with Gasteiger partial charge in [-0.15, -0.1) is 12.4 Å². The molecule has 0 aliphatic carbocycles. The van der Waals surface area contributed by atoms with Crippen molar-refractivity contribution in [1.82, 2.24) is 20.1 Å². The monoisotopic (exact) mass is 381 g/mol. The molecule has 0 radical (unpaired) electrons. The van der Waals surface area contributed by atoms with Gasteiger partial charge in [0.25, 0.3) is 0 Å². The van der Waals surface area contributed by atoms with E-state index in [9.17, 15) is 4.79 Å². The van der Waals surface area contributed by atoms with Crippen molar-refractivity contribution < 1.29 is 4.79 Å². The molecule has 2 fully saturated rings. The Balaban J connectivity index is 0.00000182. The number of nitrogens with one attached hydrogen (secondary N) is 2. The number of thiazole rings is 1. The Kier molecular flexibility index (Phi) is 6.24. The number of hydrogen-bond donors (Lipinski definition) is 2. The van der Waals surface area contributed by atoms with Crippen LogP contribution < -0.4 is 10.6 Å². The number of piperazine rings is 1. The SMILES string of the molecule is Cl.O=C(CN1CCN(C2CCNC2)CC1)Nc1nc2ccccc2s1. The van der Waals surface area contributed by atoms with E-state index >= 15 is 0 Å². The summed E-state index contributed by atoms with van der Waals surface area (Å²) in [6.45, 7) is 6.73. The first-order valence-electron chi connectivity index (χ1n) is 8.60. The summed E-state index contributed by atoms with van der Waals surface area (Å²) in [4.78, 5) is 21.5. The van der Waals surface area contributed by atoms with E-state index in [0.29, 0.717) is 17.7 Å². The van der Waals surface area contributed by atoms with E-state index in [1.165, 1.54) is 17.8 Å². The van der Waals surface area contributed by atoms with Crippen LogP contribution in [-0.4, -0.2) is 72.5 Å². The predicted octanol–water partition coefficient (Wildman–Crippen LogP) is 1.64. The third kappa shape index (κ3) is 4.48. The van der Waals surface area contributed by atoms with Crippen molar-refractivity contribution in [3.8, 4) is 0 Å². The van der Waals surface area contributed by atoms with Crippen molar-refractivity contribution >= 4 is 45.0 Å². The Bertz CT molecular complexity index is 677. The van der Waals surface area contributed by atoms with Crippen LogP contribution in [0.5, 0.6) is 0 Å². The molecular formula is C17H24ClN5OS. The average Bonchev–Trinajstić information content (AvgIpc) is 3.24. The van der Waals surface area contributed by atoms with E-state index in [1.54, 1.807) is 0 Å². The van der Waals surface area contributed by atoms with Crippen molar-refractivity contribution in [2.75, 3.05) is 51.1 Å². The molecule has 4 rings (SSSR count). The molecule has 2 aliphatic heterocycles. The minimum atomic E-state index is 0. The van der Waals surface area contributed by atoms with E-state index in [2.05, 4.69) is 25.4 Å².